The molecule has 0 atom stereocenters. The number of ether oxygens (including phenoxy) is 1. The largest absolute Gasteiger partial charge is 0.426 e. The highest BCUT2D eigenvalue weighted by Crippen LogP contribution is 2.56. The van der Waals surface area contributed by atoms with Crippen LogP contribution in [-0.2, 0) is 17.8 Å². The van der Waals surface area contributed by atoms with E-state index in [4.69, 9.17) is 4.74 Å². The van der Waals surface area contributed by atoms with Gasteiger partial charge in [-0.05, 0) is 67.1 Å². The molecule has 3 saturated carbocycles. The van der Waals surface area contributed by atoms with Gasteiger partial charge in [-0.3, -0.25) is 14.4 Å². The summed E-state index contributed by atoms with van der Waals surface area (Å²) in [6.07, 6.45) is 8.90. The van der Waals surface area contributed by atoms with Crippen LogP contribution >= 0.6 is 0 Å². The molecule has 3 aromatic rings. The Morgan fingerprint density at radius 1 is 1.03 bits per heavy atom. The van der Waals surface area contributed by atoms with Gasteiger partial charge in [0.15, 0.2) is 5.65 Å². The second-order valence-corrected chi connectivity index (χ2v) is 10.9. The zero-order chi connectivity index (χ0) is 24.9. The highest BCUT2D eigenvalue weighted by Gasteiger charge is 2.46. The van der Waals surface area contributed by atoms with E-state index in [1.165, 1.54) is 29.8 Å². The molecule has 9 heteroatoms. The summed E-state index contributed by atoms with van der Waals surface area (Å²) in [5, 5.41) is 10.2. The molecule has 3 fully saturated rings. The van der Waals surface area contributed by atoms with Crippen molar-refractivity contribution >= 4 is 23.4 Å². The van der Waals surface area contributed by atoms with Crippen molar-refractivity contribution in [3.63, 3.8) is 0 Å². The second kappa shape index (κ2) is 8.43. The number of aromatic nitrogens is 3. The van der Waals surface area contributed by atoms with Gasteiger partial charge in [-0.25, -0.2) is 9.50 Å². The number of rotatable bonds is 6. The first-order valence-electron chi connectivity index (χ1n) is 12.6. The van der Waals surface area contributed by atoms with Crippen molar-refractivity contribution in [2.45, 2.75) is 58.4 Å². The molecule has 1 aliphatic heterocycles. The van der Waals surface area contributed by atoms with Crippen LogP contribution in [0.1, 0.15) is 77.6 Å². The average molecular weight is 488 g/mol. The Balaban J connectivity index is 1.16. The normalized spacial score (nSPS) is 24.4. The topological polar surface area (TPSA) is 115 Å². The van der Waals surface area contributed by atoms with Crippen LogP contribution in [0.3, 0.4) is 0 Å². The molecule has 2 bridgehead atoms. The number of nitrogens with zero attached hydrogens (tertiary/aromatic N) is 3. The molecule has 36 heavy (non-hydrogen) atoms. The van der Waals surface area contributed by atoms with Crippen LogP contribution < -0.4 is 15.4 Å². The van der Waals surface area contributed by atoms with E-state index in [1.807, 2.05) is 12.1 Å². The van der Waals surface area contributed by atoms with Crippen molar-refractivity contribution in [2.75, 3.05) is 6.54 Å². The van der Waals surface area contributed by atoms with E-state index in [1.54, 1.807) is 18.3 Å². The first-order chi connectivity index (χ1) is 17.3. The lowest BCUT2D eigenvalue weighted by atomic mass is 9.54. The van der Waals surface area contributed by atoms with Crippen LogP contribution in [0.25, 0.3) is 5.65 Å². The summed E-state index contributed by atoms with van der Waals surface area (Å²) in [7, 11) is 0. The van der Waals surface area contributed by atoms with E-state index >= 15 is 0 Å². The summed E-state index contributed by atoms with van der Waals surface area (Å²) < 4.78 is 6.59. The summed E-state index contributed by atoms with van der Waals surface area (Å²) >= 11 is 0. The third kappa shape index (κ3) is 4.12. The number of carbonyl (C=O) groups is 3. The number of benzene rings is 1. The van der Waals surface area contributed by atoms with Gasteiger partial charge in [0.25, 0.3) is 11.8 Å². The molecule has 0 unspecified atom stereocenters. The monoisotopic (exact) mass is 487 g/mol. The number of amides is 2. The predicted molar refractivity (Wildman–Crippen MR) is 131 cm³/mol. The summed E-state index contributed by atoms with van der Waals surface area (Å²) in [6, 6.07) is 8.57. The SMILES string of the molecule is CC12CCC(CNC(=O)c3cc(C(=O)NCc4ccc5c(c4)CC(=O)O5)nc4ccnn34)(CC1)CC2. The van der Waals surface area contributed by atoms with Crippen LogP contribution in [-0.4, -0.2) is 38.9 Å². The van der Waals surface area contributed by atoms with E-state index < -0.39 is 5.91 Å². The van der Waals surface area contributed by atoms with Gasteiger partial charge in [0.2, 0.25) is 0 Å². The van der Waals surface area contributed by atoms with Crippen LogP contribution in [0.5, 0.6) is 5.75 Å². The molecule has 2 amide bonds. The Bertz CT molecular complexity index is 1370. The fourth-order valence-corrected chi connectivity index (χ4v) is 5.83. The van der Waals surface area contributed by atoms with E-state index in [-0.39, 0.29) is 41.6 Å². The first kappa shape index (κ1) is 22.7. The van der Waals surface area contributed by atoms with E-state index in [2.05, 4.69) is 27.6 Å². The Morgan fingerprint density at radius 3 is 2.58 bits per heavy atom. The van der Waals surface area contributed by atoms with Gasteiger partial charge in [-0.15, -0.1) is 0 Å². The van der Waals surface area contributed by atoms with Crippen LogP contribution in [0.15, 0.2) is 36.5 Å². The smallest absolute Gasteiger partial charge is 0.315 e. The highest BCUT2D eigenvalue weighted by atomic mass is 16.5. The van der Waals surface area contributed by atoms with E-state index in [9.17, 15) is 14.4 Å². The van der Waals surface area contributed by atoms with Crippen molar-refractivity contribution < 1.29 is 19.1 Å². The quantitative estimate of drug-likeness (QED) is 0.408. The maximum Gasteiger partial charge on any atom is 0.315 e. The highest BCUT2D eigenvalue weighted by molar-refractivity contribution is 5.98. The van der Waals surface area contributed by atoms with Crippen molar-refractivity contribution in [3.05, 3.63) is 59.0 Å². The van der Waals surface area contributed by atoms with Gasteiger partial charge >= 0.3 is 5.97 Å². The third-order valence-electron chi connectivity index (χ3n) is 8.36. The third-order valence-corrected chi connectivity index (χ3v) is 8.36. The van der Waals surface area contributed by atoms with Crippen molar-refractivity contribution in [1.29, 1.82) is 0 Å². The molecule has 9 nitrogen and oxygen atoms in total. The molecule has 0 spiro atoms. The number of nitrogens with one attached hydrogen (secondary N) is 2. The number of esters is 1. The van der Waals surface area contributed by atoms with Gasteiger partial charge in [-0.2, -0.15) is 5.10 Å². The van der Waals surface area contributed by atoms with Crippen molar-refractivity contribution in [1.82, 2.24) is 25.2 Å². The first-order valence-corrected chi connectivity index (χ1v) is 12.6. The average Bonchev–Trinajstić information content (AvgIpc) is 3.51. The molecule has 0 saturated heterocycles. The van der Waals surface area contributed by atoms with Gasteiger partial charge < -0.3 is 15.4 Å². The maximum absolute atomic E-state index is 13.3. The van der Waals surface area contributed by atoms with E-state index in [0.717, 1.165) is 30.4 Å². The molecule has 0 radical (unpaired) electrons. The number of fused-ring (bicyclic) bond motifs is 5. The molecular formula is C27H29N5O4. The van der Waals surface area contributed by atoms with Crippen LogP contribution in [0, 0.1) is 10.8 Å². The van der Waals surface area contributed by atoms with Crippen molar-refractivity contribution in [2.24, 2.45) is 10.8 Å². The lowest BCUT2D eigenvalue weighted by Crippen LogP contribution is -2.46. The van der Waals surface area contributed by atoms with Crippen LogP contribution in [0.4, 0.5) is 0 Å². The zero-order valence-electron chi connectivity index (χ0n) is 20.3. The Morgan fingerprint density at radius 2 is 1.81 bits per heavy atom. The fraction of sp³-hybridized carbons (Fsp3) is 0.444. The Hall–Kier alpha value is -3.75. The molecule has 2 aromatic heterocycles. The number of carbonyl (C=O) groups excluding carboxylic acids is 3. The molecule has 7 rings (SSSR count). The van der Waals surface area contributed by atoms with Gasteiger partial charge in [0, 0.05) is 30.8 Å². The van der Waals surface area contributed by atoms with Gasteiger partial charge in [0.1, 0.15) is 17.1 Å². The van der Waals surface area contributed by atoms with Crippen molar-refractivity contribution in [3.8, 4) is 5.75 Å². The summed E-state index contributed by atoms with van der Waals surface area (Å²) in [6.45, 7) is 3.28. The molecule has 1 aromatic carbocycles. The Kier molecular flexibility index (Phi) is 5.31. The fourth-order valence-electron chi connectivity index (χ4n) is 5.83. The minimum absolute atomic E-state index is 0.150. The van der Waals surface area contributed by atoms with E-state index in [0.29, 0.717) is 23.4 Å². The van der Waals surface area contributed by atoms with Crippen LogP contribution in [0.2, 0.25) is 0 Å². The minimum Gasteiger partial charge on any atom is -0.426 e. The molecular weight excluding hydrogens is 458 g/mol. The Labute approximate surface area is 208 Å². The minimum atomic E-state index is -0.391. The maximum atomic E-state index is 13.3. The molecule has 3 heterocycles. The van der Waals surface area contributed by atoms with Gasteiger partial charge in [0.05, 0.1) is 12.6 Å². The molecule has 2 N–H and O–H groups in total. The van der Waals surface area contributed by atoms with Gasteiger partial charge in [-0.1, -0.05) is 13.0 Å². The number of hydrogen-bond acceptors (Lipinski definition) is 6. The molecule has 4 aliphatic rings. The molecule has 186 valence electrons. The summed E-state index contributed by atoms with van der Waals surface area (Å²) in [5.74, 6) is -0.358. The lowest BCUT2D eigenvalue weighted by molar-refractivity contribution is -0.131. The zero-order valence-corrected chi connectivity index (χ0v) is 20.3. The molecule has 3 aliphatic carbocycles. The number of hydrogen-bond donors (Lipinski definition) is 2. The second-order valence-electron chi connectivity index (χ2n) is 10.9. The predicted octanol–water partition coefficient (Wildman–Crippen LogP) is 3.21. The standard InChI is InChI=1S/C27H29N5O4/c1-26-5-8-27(9-6-26,10-7-26)16-29-25(35)20-14-19(31-22-4-11-30-32(20)22)24(34)28-15-17-2-3-21-18(12-17)13-23(33)36-21/h2-4,11-12,14H,5-10,13,15-16H2,1H3,(H,28,34)(H,29,35). The lowest BCUT2D eigenvalue weighted by Gasteiger charge is -2.52. The summed E-state index contributed by atoms with van der Waals surface area (Å²) in [5.41, 5.74) is 3.18. The summed E-state index contributed by atoms with van der Waals surface area (Å²) in [4.78, 5) is 42.1.